The number of aryl methyl sites for hydroxylation is 2. The van der Waals surface area contributed by atoms with Crippen LogP contribution in [-0.4, -0.2) is 74.4 Å². The Labute approximate surface area is 188 Å². The Balaban J connectivity index is 1.56. The van der Waals surface area contributed by atoms with Gasteiger partial charge in [0.25, 0.3) is 5.91 Å². The normalized spacial score (nSPS) is 14.2. The van der Waals surface area contributed by atoms with Gasteiger partial charge in [0.1, 0.15) is 0 Å². The molecule has 0 bridgehead atoms. The number of nitrogens with zero attached hydrogens (tertiary/aromatic N) is 3. The Bertz CT molecular complexity index is 1010. The second kappa shape index (κ2) is 10.4. The molecule has 2 heterocycles. The van der Waals surface area contributed by atoms with E-state index in [1.807, 2.05) is 26.1 Å². The van der Waals surface area contributed by atoms with E-state index < -0.39 is 0 Å². The van der Waals surface area contributed by atoms with Crippen LogP contribution in [-0.2, 0) is 18.4 Å². The molecule has 9 heteroatoms. The summed E-state index contributed by atoms with van der Waals surface area (Å²) in [6.45, 7) is 4.97. The maximum atomic E-state index is 12.6. The van der Waals surface area contributed by atoms with Gasteiger partial charge in [0, 0.05) is 63.3 Å². The summed E-state index contributed by atoms with van der Waals surface area (Å²) in [4.78, 5) is 28.6. The van der Waals surface area contributed by atoms with E-state index in [1.165, 1.54) is 6.07 Å². The molecule has 174 valence electrons. The summed E-state index contributed by atoms with van der Waals surface area (Å²) >= 11 is 0. The fourth-order valence-corrected chi connectivity index (χ4v) is 3.73. The molecule has 1 aliphatic heterocycles. The molecular weight excluding hydrogens is 414 g/mol. The SMILES string of the molecule is COc1ccc(CN2CCN(C(=O)COc3cn(C)c(C)cc3=O)CC2)c(OC)c1OC. The first-order valence-corrected chi connectivity index (χ1v) is 10.5. The van der Waals surface area contributed by atoms with Gasteiger partial charge in [0.15, 0.2) is 23.9 Å². The Hall–Kier alpha value is -3.20. The minimum atomic E-state index is -0.220. The highest BCUT2D eigenvalue weighted by molar-refractivity contribution is 5.77. The number of carbonyl (C=O) groups is 1. The second-order valence-electron chi connectivity index (χ2n) is 7.69. The van der Waals surface area contributed by atoms with Crippen LogP contribution in [0.5, 0.6) is 23.0 Å². The predicted molar refractivity (Wildman–Crippen MR) is 120 cm³/mol. The van der Waals surface area contributed by atoms with Gasteiger partial charge >= 0.3 is 0 Å². The van der Waals surface area contributed by atoms with Gasteiger partial charge in [0.05, 0.1) is 21.3 Å². The Morgan fingerprint density at radius 1 is 0.969 bits per heavy atom. The number of piperazine rings is 1. The van der Waals surface area contributed by atoms with Crippen molar-refractivity contribution in [1.29, 1.82) is 0 Å². The van der Waals surface area contributed by atoms with E-state index in [0.29, 0.717) is 36.9 Å². The molecule has 1 aromatic carbocycles. The zero-order chi connectivity index (χ0) is 23.3. The molecule has 1 saturated heterocycles. The van der Waals surface area contributed by atoms with Gasteiger partial charge < -0.3 is 28.4 Å². The average Bonchev–Trinajstić information content (AvgIpc) is 2.80. The number of methoxy groups -OCH3 is 3. The third kappa shape index (κ3) is 5.16. The highest BCUT2D eigenvalue weighted by atomic mass is 16.5. The van der Waals surface area contributed by atoms with E-state index >= 15 is 0 Å². The predicted octanol–water partition coefficient (Wildman–Crippen LogP) is 1.44. The fourth-order valence-electron chi connectivity index (χ4n) is 3.73. The lowest BCUT2D eigenvalue weighted by molar-refractivity contribution is -0.135. The van der Waals surface area contributed by atoms with Crippen LogP contribution in [0.15, 0.2) is 29.2 Å². The number of rotatable bonds is 8. The molecule has 3 rings (SSSR count). The lowest BCUT2D eigenvalue weighted by Gasteiger charge is -2.35. The summed E-state index contributed by atoms with van der Waals surface area (Å²) in [6.07, 6.45) is 1.61. The van der Waals surface area contributed by atoms with Crippen molar-refractivity contribution in [2.24, 2.45) is 7.05 Å². The van der Waals surface area contributed by atoms with Crippen LogP contribution in [0.3, 0.4) is 0 Å². The van der Waals surface area contributed by atoms with Crippen LogP contribution in [0, 0.1) is 6.92 Å². The van der Waals surface area contributed by atoms with E-state index in [9.17, 15) is 9.59 Å². The number of pyridine rings is 1. The largest absolute Gasteiger partial charge is 0.493 e. The second-order valence-corrected chi connectivity index (χ2v) is 7.69. The highest BCUT2D eigenvalue weighted by Gasteiger charge is 2.24. The van der Waals surface area contributed by atoms with Crippen molar-refractivity contribution in [3.63, 3.8) is 0 Å². The number of carbonyl (C=O) groups excluding carboxylic acids is 1. The van der Waals surface area contributed by atoms with Crippen molar-refractivity contribution in [3.05, 3.63) is 45.9 Å². The maximum Gasteiger partial charge on any atom is 0.260 e. The smallest absolute Gasteiger partial charge is 0.260 e. The van der Waals surface area contributed by atoms with Crippen LogP contribution in [0.25, 0.3) is 0 Å². The monoisotopic (exact) mass is 445 g/mol. The van der Waals surface area contributed by atoms with Gasteiger partial charge in [-0.25, -0.2) is 0 Å². The Morgan fingerprint density at radius 2 is 1.66 bits per heavy atom. The van der Waals surface area contributed by atoms with Crippen LogP contribution in [0.1, 0.15) is 11.3 Å². The van der Waals surface area contributed by atoms with Crippen molar-refractivity contribution >= 4 is 5.91 Å². The number of aromatic nitrogens is 1. The maximum absolute atomic E-state index is 12.6. The van der Waals surface area contributed by atoms with Crippen LogP contribution in [0.4, 0.5) is 0 Å². The van der Waals surface area contributed by atoms with Gasteiger partial charge in [-0.05, 0) is 13.0 Å². The highest BCUT2D eigenvalue weighted by Crippen LogP contribution is 2.40. The van der Waals surface area contributed by atoms with Crippen molar-refractivity contribution in [2.45, 2.75) is 13.5 Å². The minimum Gasteiger partial charge on any atom is -0.493 e. The molecule has 0 N–H and O–H groups in total. The van der Waals surface area contributed by atoms with Gasteiger partial charge in [-0.15, -0.1) is 0 Å². The van der Waals surface area contributed by atoms with Gasteiger partial charge in [-0.1, -0.05) is 6.07 Å². The molecular formula is C23H31N3O6. The van der Waals surface area contributed by atoms with Crippen LogP contribution >= 0.6 is 0 Å². The lowest BCUT2D eigenvalue weighted by atomic mass is 10.1. The molecule has 1 aliphatic rings. The molecule has 0 unspecified atom stereocenters. The summed E-state index contributed by atoms with van der Waals surface area (Å²) < 4.78 is 23.7. The Kier molecular flexibility index (Phi) is 7.63. The van der Waals surface area contributed by atoms with Crippen molar-refractivity contribution in [3.8, 4) is 23.0 Å². The molecule has 0 atom stereocenters. The summed E-state index contributed by atoms with van der Waals surface area (Å²) in [5.41, 5.74) is 1.60. The Morgan fingerprint density at radius 3 is 2.28 bits per heavy atom. The molecule has 0 saturated carbocycles. The molecule has 0 spiro atoms. The summed E-state index contributed by atoms with van der Waals surface area (Å²) in [6, 6.07) is 5.33. The summed E-state index contributed by atoms with van der Waals surface area (Å²) in [7, 11) is 6.62. The quantitative estimate of drug-likeness (QED) is 0.608. The van der Waals surface area contributed by atoms with E-state index in [4.69, 9.17) is 18.9 Å². The number of benzene rings is 1. The van der Waals surface area contributed by atoms with Gasteiger partial charge in [0.2, 0.25) is 11.2 Å². The molecule has 1 amide bonds. The van der Waals surface area contributed by atoms with Crippen LogP contribution < -0.4 is 24.4 Å². The van der Waals surface area contributed by atoms with E-state index in [1.54, 1.807) is 37.0 Å². The zero-order valence-electron chi connectivity index (χ0n) is 19.3. The molecule has 0 radical (unpaired) electrons. The van der Waals surface area contributed by atoms with Crippen molar-refractivity contribution in [2.75, 3.05) is 54.1 Å². The third-order valence-electron chi connectivity index (χ3n) is 5.71. The first-order valence-electron chi connectivity index (χ1n) is 10.5. The topological polar surface area (TPSA) is 82.5 Å². The van der Waals surface area contributed by atoms with Crippen molar-refractivity contribution < 1.29 is 23.7 Å². The number of hydrogen-bond acceptors (Lipinski definition) is 7. The fraction of sp³-hybridized carbons (Fsp3) is 0.478. The summed E-state index contributed by atoms with van der Waals surface area (Å²) in [5, 5.41) is 0. The third-order valence-corrected chi connectivity index (χ3v) is 5.71. The van der Waals surface area contributed by atoms with Crippen molar-refractivity contribution in [1.82, 2.24) is 14.4 Å². The van der Waals surface area contributed by atoms with Gasteiger partial charge in [-0.2, -0.15) is 0 Å². The molecule has 1 fully saturated rings. The molecule has 32 heavy (non-hydrogen) atoms. The zero-order valence-corrected chi connectivity index (χ0v) is 19.3. The molecule has 9 nitrogen and oxygen atoms in total. The van der Waals surface area contributed by atoms with E-state index in [0.717, 1.165) is 24.3 Å². The number of hydrogen-bond donors (Lipinski definition) is 0. The van der Waals surface area contributed by atoms with Crippen LogP contribution in [0.2, 0.25) is 0 Å². The number of amides is 1. The first kappa shape index (κ1) is 23.5. The minimum absolute atomic E-state index is 0.129. The standard InChI is InChI=1S/C23H31N3O6/c1-16-12-18(27)20(14-24(16)2)32-15-21(28)26-10-8-25(9-11-26)13-17-6-7-19(29-3)23(31-5)22(17)30-4/h6-7,12,14H,8-11,13,15H2,1-5H3. The first-order chi connectivity index (χ1) is 15.4. The van der Waals surface area contributed by atoms with Gasteiger partial charge in [-0.3, -0.25) is 14.5 Å². The molecule has 1 aromatic heterocycles. The lowest BCUT2D eigenvalue weighted by Crippen LogP contribution is -2.49. The van der Waals surface area contributed by atoms with E-state index in [-0.39, 0.29) is 23.7 Å². The molecule has 2 aromatic rings. The van der Waals surface area contributed by atoms with E-state index in [2.05, 4.69) is 4.90 Å². The average molecular weight is 446 g/mol. The summed E-state index contributed by atoms with van der Waals surface area (Å²) in [5.74, 6) is 1.90. The number of ether oxygens (including phenoxy) is 4. The molecule has 0 aliphatic carbocycles.